The summed E-state index contributed by atoms with van der Waals surface area (Å²) in [6.07, 6.45) is 0. The highest BCUT2D eigenvalue weighted by Crippen LogP contribution is 2.27. The molecule has 0 aliphatic carbocycles. The zero-order chi connectivity index (χ0) is 17.1. The Balaban J connectivity index is 1.95. The van der Waals surface area contributed by atoms with Gasteiger partial charge in [0.05, 0.1) is 25.3 Å². The molecule has 0 saturated heterocycles. The van der Waals surface area contributed by atoms with Crippen molar-refractivity contribution >= 4 is 27.9 Å². The number of benzene rings is 2. The Morgan fingerprint density at radius 3 is 2.42 bits per heavy atom. The third kappa shape index (κ3) is 3.26. The summed E-state index contributed by atoms with van der Waals surface area (Å²) in [6, 6.07) is 12.0. The van der Waals surface area contributed by atoms with E-state index in [0.717, 1.165) is 11.8 Å². The summed E-state index contributed by atoms with van der Waals surface area (Å²) in [5.41, 5.74) is 1.21. The summed E-state index contributed by atoms with van der Waals surface area (Å²) < 4.78 is 10.3. The molecule has 0 unspecified atom stereocenters. The highest BCUT2D eigenvalue weighted by Gasteiger charge is 2.15. The van der Waals surface area contributed by atoms with Gasteiger partial charge < -0.3 is 14.5 Å². The Morgan fingerprint density at radius 2 is 1.75 bits per heavy atom. The van der Waals surface area contributed by atoms with E-state index in [1.54, 1.807) is 36.4 Å². The number of nitrogens with zero attached hydrogens (tertiary/aromatic N) is 1. The van der Waals surface area contributed by atoms with Gasteiger partial charge in [0, 0.05) is 11.6 Å². The average Bonchev–Trinajstić information content (AvgIpc) is 2.61. The minimum Gasteiger partial charge on any atom is -0.497 e. The summed E-state index contributed by atoms with van der Waals surface area (Å²) in [7, 11) is 3.01. The third-order valence-corrected chi connectivity index (χ3v) is 4.24. The van der Waals surface area contributed by atoms with Crippen molar-refractivity contribution in [2.45, 2.75) is 5.03 Å². The van der Waals surface area contributed by atoms with Crippen molar-refractivity contribution in [3.8, 4) is 11.5 Å². The summed E-state index contributed by atoms with van der Waals surface area (Å²) in [6.45, 7) is 0. The van der Waals surface area contributed by atoms with Crippen molar-refractivity contribution in [3.63, 3.8) is 0 Å². The molecule has 0 aliphatic heterocycles. The zero-order valence-corrected chi connectivity index (χ0v) is 13.8. The second-order valence-corrected chi connectivity index (χ2v) is 5.84. The fourth-order valence-electron chi connectivity index (χ4n) is 2.15. The van der Waals surface area contributed by atoms with E-state index in [1.807, 2.05) is 6.07 Å². The van der Waals surface area contributed by atoms with Crippen LogP contribution in [-0.4, -0.2) is 29.3 Å². The second-order valence-electron chi connectivity index (χ2n) is 4.88. The van der Waals surface area contributed by atoms with E-state index in [2.05, 4.69) is 9.97 Å². The van der Waals surface area contributed by atoms with Gasteiger partial charge in [0.1, 0.15) is 11.5 Å². The van der Waals surface area contributed by atoms with E-state index in [0.29, 0.717) is 28.1 Å². The number of para-hydroxylation sites is 2. The topological polar surface area (TPSA) is 81.3 Å². The Kier molecular flexibility index (Phi) is 4.52. The first kappa shape index (κ1) is 16.1. The van der Waals surface area contributed by atoms with E-state index in [1.165, 1.54) is 14.2 Å². The molecule has 0 fully saturated rings. The van der Waals surface area contributed by atoms with Gasteiger partial charge in [-0.15, -0.1) is 0 Å². The van der Waals surface area contributed by atoms with Crippen LogP contribution in [0.25, 0.3) is 11.0 Å². The lowest BCUT2D eigenvalue weighted by atomic mass is 10.2. The number of aromatic nitrogens is 2. The van der Waals surface area contributed by atoms with Crippen LogP contribution in [0.2, 0.25) is 0 Å². The van der Waals surface area contributed by atoms with Crippen molar-refractivity contribution < 1.29 is 14.3 Å². The molecule has 0 atom stereocenters. The normalized spacial score (nSPS) is 10.6. The lowest BCUT2D eigenvalue weighted by Crippen LogP contribution is -2.12. The lowest BCUT2D eigenvalue weighted by molar-refractivity contribution is 0.108. The Morgan fingerprint density at radius 1 is 1.08 bits per heavy atom. The van der Waals surface area contributed by atoms with Crippen LogP contribution in [0.3, 0.4) is 0 Å². The highest BCUT2D eigenvalue weighted by atomic mass is 32.2. The molecule has 1 heterocycles. The van der Waals surface area contributed by atoms with E-state index in [4.69, 9.17) is 9.47 Å². The van der Waals surface area contributed by atoms with Gasteiger partial charge >= 0.3 is 0 Å². The standard InChI is InChI=1S/C17H14N2O4S/c1-22-11-7-10(8-12(9-11)23-2)17(21)24-16-15(20)18-13-5-3-4-6-14(13)19-16/h3-9H,1-2H3,(H,18,20). The quantitative estimate of drug-likeness (QED) is 0.734. The van der Waals surface area contributed by atoms with E-state index in [9.17, 15) is 9.59 Å². The number of thioether (sulfide) groups is 1. The predicted octanol–water partition coefficient (Wildman–Crippen LogP) is 2.87. The summed E-state index contributed by atoms with van der Waals surface area (Å²) in [5, 5.41) is -0.221. The maximum absolute atomic E-state index is 12.5. The molecular weight excluding hydrogens is 328 g/mol. The molecule has 2 aromatic carbocycles. The molecule has 0 aliphatic rings. The van der Waals surface area contributed by atoms with Gasteiger partial charge in [-0.1, -0.05) is 12.1 Å². The van der Waals surface area contributed by atoms with E-state index in [-0.39, 0.29) is 10.1 Å². The van der Waals surface area contributed by atoms with Gasteiger partial charge in [0.25, 0.3) is 5.56 Å². The number of rotatable bonds is 4. The largest absolute Gasteiger partial charge is 0.497 e. The van der Waals surface area contributed by atoms with Crippen LogP contribution in [-0.2, 0) is 0 Å². The molecule has 3 aromatic rings. The SMILES string of the molecule is COc1cc(OC)cc(C(=O)Sc2nc3ccccc3[nH]c2=O)c1. The fraction of sp³-hybridized carbons (Fsp3) is 0.118. The molecule has 7 heteroatoms. The number of carbonyl (C=O) groups excluding carboxylic acids is 1. The number of H-pyrrole nitrogens is 1. The first-order chi connectivity index (χ1) is 11.6. The summed E-state index contributed by atoms with van der Waals surface area (Å²) in [4.78, 5) is 31.6. The predicted molar refractivity (Wildman–Crippen MR) is 92.1 cm³/mol. The van der Waals surface area contributed by atoms with Crippen LogP contribution < -0.4 is 15.0 Å². The zero-order valence-electron chi connectivity index (χ0n) is 13.0. The van der Waals surface area contributed by atoms with Crippen LogP contribution in [0.1, 0.15) is 10.4 Å². The van der Waals surface area contributed by atoms with E-state index >= 15 is 0 Å². The molecule has 0 saturated carbocycles. The smallest absolute Gasteiger partial charge is 0.281 e. The Bertz CT molecular complexity index is 946. The number of nitrogens with one attached hydrogen (secondary N) is 1. The highest BCUT2D eigenvalue weighted by molar-refractivity contribution is 8.14. The molecule has 0 radical (unpaired) electrons. The number of fused-ring (bicyclic) bond motifs is 1. The van der Waals surface area contributed by atoms with Crippen molar-refractivity contribution in [3.05, 3.63) is 58.4 Å². The minimum absolute atomic E-state index is 0.0977. The van der Waals surface area contributed by atoms with Crippen LogP contribution in [0.5, 0.6) is 11.5 Å². The van der Waals surface area contributed by atoms with Gasteiger partial charge in [-0.25, -0.2) is 4.98 Å². The van der Waals surface area contributed by atoms with Crippen LogP contribution >= 0.6 is 11.8 Å². The molecule has 1 aromatic heterocycles. The van der Waals surface area contributed by atoms with E-state index < -0.39 is 5.56 Å². The number of carbonyl (C=O) groups is 1. The molecule has 0 amide bonds. The van der Waals surface area contributed by atoms with Crippen molar-refractivity contribution in [1.29, 1.82) is 0 Å². The number of aromatic amines is 1. The van der Waals surface area contributed by atoms with Crippen molar-refractivity contribution in [2.24, 2.45) is 0 Å². The molecule has 1 N–H and O–H groups in total. The molecule has 6 nitrogen and oxygen atoms in total. The number of ether oxygens (including phenoxy) is 2. The van der Waals surface area contributed by atoms with Crippen molar-refractivity contribution in [1.82, 2.24) is 9.97 Å². The first-order valence-corrected chi connectivity index (χ1v) is 7.86. The molecule has 122 valence electrons. The maximum Gasteiger partial charge on any atom is 0.281 e. The van der Waals surface area contributed by atoms with Crippen LogP contribution in [0.4, 0.5) is 0 Å². The molecular formula is C17H14N2O4S. The lowest BCUT2D eigenvalue weighted by Gasteiger charge is -2.07. The van der Waals surface area contributed by atoms with Gasteiger partial charge in [-0.3, -0.25) is 9.59 Å². The Hall–Kier alpha value is -2.80. The Labute approximate surface area is 141 Å². The van der Waals surface area contributed by atoms with Gasteiger partial charge in [-0.05, 0) is 36.0 Å². The van der Waals surface area contributed by atoms with Crippen LogP contribution in [0.15, 0.2) is 52.3 Å². The van der Waals surface area contributed by atoms with Gasteiger partial charge in [-0.2, -0.15) is 0 Å². The molecule has 3 rings (SSSR count). The number of methoxy groups -OCH3 is 2. The number of hydrogen-bond acceptors (Lipinski definition) is 6. The average molecular weight is 342 g/mol. The number of hydrogen-bond donors (Lipinski definition) is 1. The molecule has 24 heavy (non-hydrogen) atoms. The first-order valence-electron chi connectivity index (χ1n) is 7.05. The molecule has 0 spiro atoms. The minimum atomic E-state index is -0.401. The van der Waals surface area contributed by atoms with Crippen molar-refractivity contribution in [2.75, 3.05) is 14.2 Å². The second kappa shape index (κ2) is 6.76. The molecule has 0 bridgehead atoms. The van der Waals surface area contributed by atoms with Gasteiger partial charge in [0.2, 0.25) is 5.12 Å². The van der Waals surface area contributed by atoms with Gasteiger partial charge in [0.15, 0.2) is 5.03 Å². The summed E-state index contributed by atoms with van der Waals surface area (Å²) >= 11 is 0.772. The van der Waals surface area contributed by atoms with Crippen LogP contribution in [0, 0.1) is 0 Å². The fourth-order valence-corrected chi connectivity index (χ4v) is 2.85. The monoisotopic (exact) mass is 342 g/mol. The maximum atomic E-state index is 12.5. The third-order valence-electron chi connectivity index (χ3n) is 3.35. The summed E-state index contributed by atoms with van der Waals surface area (Å²) in [5.74, 6) is 0.998.